The maximum Gasteiger partial charge on any atom is 0.234 e. The van der Waals surface area contributed by atoms with Crippen LogP contribution in [-0.2, 0) is 11.2 Å². The number of nitrogens with one attached hydrogen (secondary N) is 1. The van der Waals surface area contributed by atoms with E-state index in [0.29, 0.717) is 5.92 Å². The van der Waals surface area contributed by atoms with Crippen LogP contribution >= 0.6 is 11.8 Å². The summed E-state index contributed by atoms with van der Waals surface area (Å²) < 4.78 is 5.64. The van der Waals surface area contributed by atoms with Crippen LogP contribution in [-0.4, -0.2) is 28.5 Å². The van der Waals surface area contributed by atoms with Crippen molar-refractivity contribution in [3.63, 3.8) is 0 Å². The molecule has 1 aromatic rings. The Bertz CT molecular complexity index is 448. The number of hydrogen-bond donors (Lipinski definition) is 1. The van der Waals surface area contributed by atoms with Gasteiger partial charge in [-0.25, -0.2) is 0 Å². The number of thioether (sulfide) groups is 1. The van der Waals surface area contributed by atoms with E-state index in [-0.39, 0.29) is 5.41 Å². The van der Waals surface area contributed by atoms with Gasteiger partial charge in [0, 0.05) is 11.8 Å². The third-order valence-electron chi connectivity index (χ3n) is 5.19. The quantitative estimate of drug-likeness (QED) is 0.902. The van der Waals surface area contributed by atoms with Gasteiger partial charge >= 0.3 is 0 Å². The summed E-state index contributed by atoms with van der Waals surface area (Å²) in [5.41, 5.74) is 0.0424. The molecule has 1 aromatic heterocycles. The Labute approximate surface area is 131 Å². The molecular weight excluding hydrogens is 282 g/mol. The SMILES string of the molecule is CC(C)C1(c2nc(CSC3CCCCC3)no2)CCNC1. The topological polar surface area (TPSA) is 51.0 Å². The highest BCUT2D eigenvalue weighted by Gasteiger charge is 2.43. The van der Waals surface area contributed by atoms with Crippen molar-refractivity contribution < 1.29 is 4.52 Å². The van der Waals surface area contributed by atoms with Crippen LogP contribution < -0.4 is 5.32 Å². The van der Waals surface area contributed by atoms with Crippen LogP contribution in [0.5, 0.6) is 0 Å². The fourth-order valence-electron chi connectivity index (χ4n) is 3.57. The van der Waals surface area contributed by atoms with E-state index in [2.05, 4.69) is 24.3 Å². The maximum absolute atomic E-state index is 5.64. The first-order chi connectivity index (χ1) is 10.2. The van der Waals surface area contributed by atoms with Crippen LogP contribution in [0.25, 0.3) is 0 Å². The van der Waals surface area contributed by atoms with Crippen LogP contribution in [0.1, 0.15) is 64.1 Å². The van der Waals surface area contributed by atoms with E-state index in [1.54, 1.807) is 0 Å². The van der Waals surface area contributed by atoms with Crippen molar-refractivity contribution in [1.82, 2.24) is 15.5 Å². The molecule has 2 aliphatic rings. The van der Waals surface area contributed by atoms with Gasteiger partial charge in [-0.2, -0.15) is 16.7 Å². The average molecular weight is 309 g/mol. The predicted molar refractivity (Wildman–Crippen MR) is 86.5 cm³/mol. The van der Waals surface area contributed by atoms with E-state index in [1.165, 1.54) is 32.1 Å². The summed E-state index contributed by atoms with van der Waals surface area (Å²) in [6, 6.07) is 0. The summed E-state index contributed by atoms with van der Waals surface area (Å²) in [6.45, 7) is 6.52. The molecule has 1 atom stereocenters. The monoisotopic (exact) mass is 309 g/mol. The van der Waals surface area contributed by atoms with Crippen molar-refractivity contribution in [3.8, 4) is 0 Å². The molecule has 0 spiro atoms. The predicted octanol–water partition coefficient (Wildman–Crippen LogP) is 3.52. The number of rotatable bonds is 5. The number of aromatic nitrogens is 2. The summed E-state index contributed by atoms with van der Waals surface area (Å²) in [5, 5.41) is 8.49. The van der Waals surface area contributed by atoms with Gasteiger partial charge in [0.1, 0.15) is 0 Å². The smallest absolute Gasteiger partial charge is 0.234 e. The van der Waals surface area contributed by atoms with Gasteiger partial charge in [-0.05, 0) is 31.7 Å². The molecule has 1 N–H and O–H groups in total. The third kappa shape index (κ3) is 3.29. The molecule has 1 saturated heterocycles. The molecule has 0 radical (unpaired) electrons. The molecule has 1 unspecified atom stereocenters. The van der Waals surface area contributed by atoms with Gasteiger partial charge in [0.2, 0.25) is 5.89 Å². The molecule has 1 aliphatic carbocycles. The third-order valence-corrected chi connectivity index (χ3v) is 6.56. The first kappa shape index (κ1) is 15.3. The highest BCUT2D eigenvalue weighted by atomic mass is 32.2. The van der Waals surface area contributed by atoms with Gasteiger partial charge < -0.3 is 9.84 Å². The van der Waals surface area contributed by atoms with Crippen LogP contribution in [0.2, 0.25) is 0 Å². The lowest BCUT2D eigenvalue weighted by Crippen LogP contribution is -2.35. The fourth-order valence-corrected chi connectivity index (χ4v) is 4.74. The highest BCUT2D eigenvalue weighted by molar-refractivity contribution is 7.99. The van der Waals surface area contributed by atoms with Gasteiger partial charge in [-0.3, -0.25) is 0 Å². The Balaban J connectivity index is 1.62. The second kappa shape index (κ2) is 6.69. The summed E-state index contributed by atoms with van der Waals surface area (Å²) in [4.78, 5) is 4.73. The van der Waals surface area contributed by atoms with Crippen molar-refractivity contribution in [2.45, 2.75) is 68.8 Å². The second-order valence-electron chi connectivity index (χ2n) is 6.82. The molecule has 2 fully saturated rings. The van der Waals surface area contributed by atoms with Gasteiger partial charge in [0.25, 0.3) is 0 Å². The molecule has 21 heavy (non-hydrogen) atoms. The van der Waals surface area contributed by atoms with Crippen molar-refractivity contribution >= 4 is 11.8 Å². The highest BCUT2D eigenvalue weighted by Crippen LogP contribution is 2.37. The van der Waals surface area contributed by atoms with Gasteiger partial charge in [-0.15, -0.1) is 0 Å². The van der Waals surface area contributed by atoms with Crippen LogP contribution in [0.15, 0.2) is 4.52 Å². The largest absolute Gasteiger partial charge is 0.339 e. The minimum absolute atomic E-state index is 0.0424. The molecule has 1 aliphatic heterocycles. The van der Waals surface area contributed by atoms with E-state index >= 15 is 0 Å². The Hall–Kier alpha value is -0.550. The van der Waals surface area contributed by atoms with E-state index in [9.17, 15) is 0 Å². The first-order valence-corrected chi connectivity index (χ1v) is 9.41. The zero-order valence-electron chi connectivity index (χ0n) is 13.2. The van der Waals surface area contributed by atoms with Crippen LogP contribution in [0.3, 0.4) is 0 Å². The zero-order chi connectivity index (χ0) is 14.7. The van der Waals surface area contributed by atoms with Crippen LogP contribution in [0.4, 0.5) is 0 Å². The summed E-state index contributed by atoms with van der Waals surface area (Å²) >= 11 is 2.01. The average Bonchev–Trinajstić information content (AvgIpc) is 3.16. The van der Waals surface area contributed by atoms with Crippen molar-refractivity contribution in [3.05, 3.63) is 11.7 Å². The Kier molecular flexibility index (Phi) is 4.89. The number of nitrogens with zero attached hydrogens (tertiary/aromatic N) is 2. The summed E-state index contributed by atoms with van der Waals surface area (Å²) in [7, 11) is 0. The standard InChI is InChI=1S/C16H27N3OS/c1-12(2)16(8-9-17-11-16)15-18-14(19-20-15)10-21-13-6-4-3-5-7-13/h12-13,17H,3-11H2,1-2H3. The first-order valence-electron chi connectivity index (χ1n) is 8.36. The molecule has 1 saturated carbocycles. The summed E-state index contributed by atoms with van der Waals surface area (Å²) in [6.07, 6.45) is 7.99. The lowest BCUT2D eigenvalue weighted by atomic mass is 9.76. The Morgan fingerprint density at radius 2 is 2.14 bits per heavy atom. The maximum atomic E-state index is 5.64. The zero-order valence-corrected chi connectivity index (χ0v) is 14.0. The van der Waals surface area contributed by atoms with Gasteiger partial charge in [0.05, 0.1) is 11.2 Å². The molecular formula is C16H27N3OS. The summed E-state index contributed by atoms with van der Waals surface area (Å²) in [5.74, 6) is 3.15. The molecule has 118 valence electrons. The lowest BCUT2D eigenvalue weighted by Gasteiger charge is -2.28. The van der Waals surface area contributed by atoms with Gasteiger partial charge in [0.15, 0.2) is 5.82 Å². The fraction of sp³-hybridized carbons (Fsp3) is 0.875. The number of hydrogen-bond acceptors (Lipinski definition) is 5. The normalized spacial score (nSPS) is 27.6. The Morgan fingerprint density at radius 1 is 1.33 bits per heavy atom. The minimum atomic E-state index is 0.0424. The molecule has 0 aromatic carbocycles. The van der Waals surface area contributed by atoms with Crippen molar-refractivity contribution in [2.24, 2.45) is 5.92 Å². The van der Waals surface area contributed by atoms with Gasteiger partial charge in [-0.1, -0.05) is 38.3 Å². The Morgan fingerprint density at radius 3 is 2.81 bits per heavy atom. The molecule has 3 rings (SSSR count). The minimum Gasteiger partial charge on any atom is -0.339 e. The molecule has 2 heterocycles. The van der Waals surface area contributed by atoms with Crippen molar-refractivity contribution in [1.29, 1.82) is 0 Å². The van der Waals surface area contributed by atoms with Crippen molar-refractivity contribution in [2.75, 3.05) is 13.1 Å². The molecule has 4 nitrogen and oxygen atoms in total. The molecule has 0 bridgehead atoms. The van der Waals surface area contributed by atoms with E-state index < -0.39 is 0 Å². The lowest BCUT2D eigenvalue weighted by molar-refractivity contribution is 0.234. The van der Waals surface area contributed by atoms with Crippen LogP contribution in [0, 0.1) is 5.92 Å². The molecule has 0 amide bonds. The van der Waals surface area contributed by atoms with E-state index in [0.717, 1.165) is 42.2 Å². The van der Waals surface area contributed by atoms with E-state index in [1.807, 2.05) is 11.8 Å². The molecule has 5 heteroatoms. The second-order valence-corrected chi connectivity index (χ2v) is 8.11. The van der Waals surface area contributed by atoms with E-state index in [4.69, 9.17) is 9.51 Å².